The van der Waals surface area contributed by atoms with Gasteiger partial charge in [0, 0.05) is 24.3 Å². The molecule has 1 aliphatic rings. The number of amides is 1. The summed E-state index contributed by atoms with van der Waals surface area (Å²) in [5.74, 6) is 0.929. The Morgan fingerprint density at radius 2 is 1.73 bits per heavy atom. The van der Waals surface area contributed by atoms with E-state index in [1.54, 1.807) is 0 Å². The molecule has 0 unspecified atom stereocenters. The van der Waals surface area contributed by atoms with Crippen LogP contribution in [0.4, 0.5) is 5.69 Å². The van der Waals surface area contributed by atoms with Crippen molar-refractivity contribution in [3.05, 3.63) is 71.0 Å². The average molecular weight is 402 g/mol. The minimum atomic E-state index is 0.00533. The fourth-order valence-corrected chi connectivity index (χ4v) is 4.30. The SMILES string of the molecule is CCc1ccc(N(CC)C(=O)c2nc(-c3ccc(C)cc3)n3c2CCCCC3)cc1. The summed E-state index contributed by atoms with van der Waals surface area (Å²) >= 11 is 0. The van der Waals surface area contributed by atoms with Crippen LogP contribution in [-0.4, -0.2) is 22.0 Å². The summed E-state index contributed by atoms with van der Waals surface area (Å²) in [7, 11) is 0. The van der Waals surface area contributed by atoms with Crippen molar-refractivity contribution in [2.75, 3.05) is 11.4 Å². The van der Waals surface area contributed by atoms with E-state index in [1.165, 1.54) is 17.5 Å². The van der Waals surface area contributed by atoms with Gasteiger partial charge < -0.3 is 9.47 Å². The molecule has 4 rings (SSSR count). The Bertz CT molecular complexity index is 1020. The highest BCUT2D eigenvalue weighted by Crippen LogP contribution is 2.29. The third kappa shape index (κ3) is 3.91. The van der Waals surface area contributed by atoms with Gasteiger partial charge in [0.2, 0.25) is 0 Å². The molecule has 3 aromatic rings. The molecule has 1 aliphatic heterocycles. The fraction of sp³-hybridized carbons (Fsp3) is 0.385. The van der Waals surface area contributed by atoms with Crippen molar-refractivity contribution >= 4 is 11.6 Å². The molecule has 0 radical (unpaired) electrons. The van der Waals surface area contributed by atoms with Crippen molar-refractivity contribution in [2.45, 2.75) is 59.4 Å². The molecular formula is C26H31N3O. The molecule has 0 saturated carbocycles. The largest absolute Gasteiger partial charge is 0.327 e. The number of hydrogen-bond donors (Lipinski definition) is 0. The van der Waals surface area contributed by atoms with Crippen molar-refractivity contribution in [1.82, 2.24) is 9.55 Å². The maximum atomic E-state index is 13.7. The fourth-order valence-electron chi connectivity index (χ4n) is 4.30. The Morgan fingerprint density at radius 3 is 2.40 bits per heavy atom. The van der Waals surface area contributed by atoms with Crippen molar-refractivity contribution in [1.29, 1.82) is 0 Å². The molecule has 4 heteroatoms. The van der Waals surface area contributed by atoms with Crippen LogP contribution in [0.5, 0.6) is 0 Å². The number of fused-ring (bicyclic) bond motifs is 1. The molecule has 0 spiro atoms. The standard InChI is InChI=1S/C26H31N3O/c1-4-20-12-16-22(17-13-20)28(5-2)26(30)24-23-9-7-6-8-18-29(23)25(27-24)21-14-10-19(3)11-15-21/h10-17H,4-9,18H2,1-3H3. The second-order valence-corrected chi connectivity index (χ2v) is 8.13. The summed E-state index contributed by atoms with van der Waals surface area (Å²) in [6.07, 6.45) is 5.34. The molecule has 30 heavy (non-hydrogen) atoms. The minimum absolute atomic E-state index is 0.00533. The van der Waals surface area contributed by atoms with Crippen LogP contribution in [0.25, 0.3) is 11.4 Å². The second-order valence-electron chi connectivity index (χ2n) is 8.13. The number of carbonyl (C=O) groups is 1. The smallest absolute Gasteiger partial charge is 0.278 e. The zero-order valence-corrected chi connectivity index (χ0v) is 18.3. The molecular weight excluding hydrogens is 370 g/mol. The monoisotopic (exact) mass is 401 g/mol. The zero-order valence-electron chi connectivity index (χ0n) is 18.3. The van der Waals surface area contributed by atoms with Gasteiger partial charge in [0.25, 0.3) is 5.91 Å². The molecule has 0 bridgehead atoms. The predicted molar refractivity (Wildman–Crippen MR) is 123 cm³/mol. The van der Waals surface area contributed by atoms with E-state index in [9.17, 15) is 4.79 Å². The Balaban J connectivity index is 1.76. The lowest BCUT2D eigenvalue weighted by Gasteiger charge is -2.21. The number of imidazole rings is 1. The van der Waals surface area contributed by atoms with Gasteiger partial charge in [0.15, 0.2) is 5.69 Å². The van der Waals surface area contributed by atoms with Crippen LogP contribution >= 0.6 is 0 Å². The molecule has 0 saturated heterocycles. The highest BCUT2D eigenvalue weighted by molar-refractivity contribution is 6.06. The molecule has 156 valence electrons. The second kappa shape index (κ2) is 8.86. The van der Waals surface area contributed by atoms with E-state index in [0.717, 1.165) is 55.0 Å². The van der Waals surface area contributed by atoms with Gasteiger partial charge in [-0.2, -0.15) is 0 Å². The summed E-state index contributed by atoms with van der Waals surface area (Å²) in [4.78, 5) is 20.5. The molecule has 1 aromatic heterocycles. The van der Waals surface area contributed by atoms with Crippen molar-refractivity contribution in [3.8, 4) is 11.4 Å². The van der Waals surface area contributed by atoms with Crippen LogP contribution in [0.1, 0.15) is 60.4 Å². The van der Waals surface area contributed by atoms with Crippen LogP contribution < -0.4 is 4.90 Å². The molecule has 4 nitrogen and oxygen atoms in total. The van der Waals surface area contributed by atoms with E-state index in [-0.39, 0.29) is 5.91 Å². The third-order valence-electron chi connectivity index (χ3n) is 6.10. The normalized spacial score (nSPS) is 13.6. The summed E-state index contributed by atoms with van der Waals surface area (Å²) in [6, 6.07) is 16.8. The Kier molecular flexibility index (Phi) is 6.03. The highest BCUT2D eigenvalue weighted by atomic mass is 16.2. The predicted octanol–water partition coefficient (Wildman–Crippen LogP) is 5.81. The molecule has 0 aliphatic carbocycles. The lowest BCUT2D eigenvalue weighted by atomic mass is 10.1. The number of rotatable bonds is 5. The number of aryl methyl sites for hydroxylation is 2. The summed E-state index contributed by atoms with van der Waals surface area (Å²) in [5.41, 5.74) is 6.24. The van der Waals surface area contributed by atoms with Gasteiger partial charge in [-0.15, -0.1) is 0 Å². The van der Waals surface area contributed by atoms with Gasteiger partial charge in [0.05, 0.1) is 5.69 Å². The van der Waals surface area contributed by atoms with Crippen LogP contribution in [0.15, 0.2) is 48.5 Å². The molecule has 1 amide bonds. The number of nitrogens with zero attached hydrogens (tertiary/aromatic N) is 3. The first-order valence-corrected chi connectivity index (χ1v) is 11.2. The van der Waals surface area contributed by atoms with E-state index in [0.29, 0.717) is 12.2 Å². The van der Waals surface area contributed by atoms with Crippen LogP contribution in [0.3, 0.4) is 0 Å². The van der Waals surface area contributed by atoms with E-state index >= 15 is 0 Å². The Hall–Kier alpha value is -2.88. The number of carbonyl (C=O) groups excluding carboxylic acids is 1. The summed E-state index contributed by atoms with van der Waals surface area (Å²) in [6.45, 7) is 7.81. The van der Waals surface area contributed by atoms with Gasteiger partial charge in [0.1, 0.15) is 5.82 Å². The number of benzene rings is 2. The Labute approximate surface area is 179 Å². The molecule has 0 fully saturated rings. The van der Waals surface area contributed by atoms with Crippen LogP contribution in [0.2, 0.25) is 0 Å². The maximum absolute atomic E-state index is 13.7. The highest BCUT2D eigenvalue weighted by Gasteiger charge is 2.27. The lowest BCUT2D eigenvalue weighted by molar-refractivity contribution is 0.0983. The van der Waals surface area contributed by atoms with Gasteiger partial charge in [-0.05, 0) is 57.2 Å². The van der Waals surface area contributed by atoms with Gasteiger partial charge in [-0.25, -0.2) is 4.98 Å². The molecule has 2 aromatic carbocycles. The van der Waals surface area contributed by atoms with E-state index < -0.39 is 0 Å². The molecule has 2 heterocycles. The zero-order chi connectivity index (χ0) is 21.1. The van der Waals surface area contributed by atoms with E-state index in [2.05, 4.69) is 66.9 Å². The quantitative estimate of drug-likeness (QED) is 0.541. The first-order chi connectivity index (χ1) is 14.6. The lowest BCUT2D eigenvalue weighted by Crippen LogP contribution is -2.31. The van der Waals surface area contributed by atoms with Crippen LogP contribution in [0, 0.1) is 6.92 Å². The first kappa shape index (κ1) is 20.4. The third-order valence-corrected chi connectivity index (χ3v) is 6.10. The Morgan fingerprint density at radius 1 is 1.00 bits per heavy atom. The molecule has 0 N–H and O–H groups in total. The van der Waals surface area contributed by atoms with Gasteiger partial charge in [-0.1, -0.05) is 55.3 Å². The van der Waals surface area contributed by atoms with Crippen molar-refractivity contribution in [2.24, 2.45) is 0 Å². The minimum Gasteiger partial charge on any atom is -0.327 e. The first-order valence-electron chi connectivity index (χ1n) is 11.2. The van der Waals surface area contributed by atoms with E-state index in [4.69, 9.17) is 4.98 Å². The van der Waals surface area contributed by atoms with Crippen molar-refractivity contribution < 1.29 is 4.79 Å². The summed E-state index contributed by atoms with van der Waals surface area (Å²) < 4.78 is 2.29. The maximum Gasteiger partial charge on any atom is 0.278 e. The summed E-state index contributed by atoms with van der Waals surface area (Å²) in [5, 5.41) is 0. The number of anilines is 1. The van der Waals surface area contributed by atoms with Gasteiger partial charge in [-0.3, -0.25) is 4.79 Å². The number of aromatic nitrogens is 2. The average Bonchev–Trinajstić information content (AvgIpc) is 2.96. The topological polar surface area (TPSA) is 38.1 Å². The van der Waals surface area contributed by atoms with E-state index in [1.807, 2.05) is 11.8 Å². The van der Waals surface area contributed by atoms with Crippen molar-refractivity contribution in [3.63, 3.8) is 0 Å². The number of hydrogen-bond acceptors (Lipinski definition) is 2. The molecule has 0 atom stereocenters. The van der Waals surface area contributed by atoms with Gasteiger partial charge >= 0.3 is 0 Å². The van der Waals surface area contributed by atoms with Crippen LogP contribution in [-0.2, 0) is 19.4 Å².